The molecule has 1 N–H and O–H groups in total. The molecule has 1 aliphatic rings. The average Bonchev–Trinajstić information content (AvgIpc) is 3.56. The molecule has 0 bridgehead atoms. The molecule has 3 aromatic rings. The second-order valence-electron chi connectivity index (χ2n) is 8.06. The van der Waals surface area contributed by atoms with Gasteiger partial charge in [0.25, 0.3) is 5.91 Å². The Kier molecular flexibility index (Phi) is 6.95. The van der Waals surface area contributed by atoms with Crippen molar-refractivity contribution in [3.63, 3.8) is 0 Å². The number of anilines is 1. The summed E-state index contributed by atoms with van der Waals surface area (Å²) < 4.78 is 11.2. The van der Waals surface area contributed by atoms with Gasteiger partial charge < -0.3 is 14.5 Å². The van der Waals surface area contributed by atoms with Crippen LogP contribution in [0.15, 0.2) is 58.3 Å². The van der Waals surface area contributed by atoms with E-state index < -0.39 is 6.04 Å². The predicted octanol–water partition coefficient (Wildman–Crippen LogP) is 5.03. The van der Waals surface area contributed by atoms with Crippen molar-refractivity contribution in [2.45, 2.75) is 51.1 Å². The lowest BCUT2D eigenvalue weighted by molar-refractivity contribution is -0.127. The highest BCUT2D eigenvalue weighted by atomic mass is 32.1. The summed E-state index contributed by atoms with van der Waals surface area (Å²) in [6.45, 7) is 1.83. The molecule has 2 heterocycles. The van der Waals surface area contributed by atoms with Crippen molar-refractivity contribution in [2.75, 3.05) is 12.0 Å². The summed E-state index contributed by atoms with van der Waals surface area (Å²) in [6.07, 6.45) is 4.34. The first-order chi connectivity index (χ1) is 15.5. The molecule has 7 heteroatoms. The van der Waals surface area contributed by atoms with Gasteiger partial charge in [0, 0.05) is 16.6 Å². The van der Waals surface area contributed by atoms with Crippen molar-refractivity contribution in [2.24, 2.45) is 0 Å². The van der Waals surface area contributed by atoms with Crippen LogP contribution in [0, 0.1) is 6.92 Å². The number of rotatable bonds is 8. The van der Waals surface area contributed by atoms with Crippen LogP contribution in [-0.2, 0) is 16.0 Å². The number of hydrogen-bond acceptors (Lipinski definition) is 5. The molecule has 0 saturated heterocycles. The Bertz CT molecular complexity index is 1040. The van der Waals surface area contributed by atoms with Crippen molar-refractivity contribution in [3.8, 4) is 5.75 Å². The Morgan fingerprint density at radius 1 is 1.16 bits per heavy atom. The molecule has 1 atom stereocenters. The quantitative estimate of drug-likeness (QED) is 0.520. The van der Waals surface area contributed by atoms with E-state index >= 15 is 0 Å². The molecular formula is C25H28N2O4S. The van der Waals surface area contributed by atoms with Gasteiger partial charge in [-0.1, -0.05) is 18.9 Å². The summed E-state index contributed by atoms with van der Waals surface area (Å²) in [5.41, 5.74) is 0.619. The third kappa shape index (κ3) is 5.05. The van der Waals surface area contributed by atoms with E-state index in [9.17, 15) is 9.59 Å². The number of hydrogen-bond donors (Lipinski definition) is 1. The molecule has 1 aliphatic carbocycles. The first-order valence-electron chi connectivity index (χ1n) is 10.9. The van der Waals surface area contributed by atoms with Gasteiger partial charge in [0.2, 0.25) is 5.91 Å². The number of carbonyl (C=O) groups is 2. The van der Waals surface area contributed by atoms with Crippen molar-refractivity contribution in [1.82, 2.24) is 5.32 Å². The minimum Gasteiger partial charge on any atom is -0.497 e. The Morgan fingerprint density at radius 2 is 1.91 bits per heavy atom. The summed E-state index contributed by atoms with van der Waals surface area (Å²) in [4.78, 5) is 29.7. The van der Waals surface area contributed by atoms with Gasteiger partial charge in [0.05, 0.1) is 13.5 Å². The first-order valence-corrected chi connectivity index (χ1v) is 11.8. The number of thiophene rings is 1. The van der Waals surface area contributed by atoms with E-state index in [2.05, 4.69) is 5.32 Å². The van der Waals surface area contributed by atoms with E-state index in [1.54, 1.807) is 42.3 Å². The molecule has 1 fully saturated rings. The molecular weight excluding hydrogens is 424 g/mol. The lowest BCUT2D eigenvalue weighted by atomic mass is 10.1. The van der Waals surface area contributed by atoms with Crippen molar-refractivity contribution >= 4 is 28.8 Å². The van der Waals surface area contributed by atoms with Gasteiger partial charge in [-0.25, -0.2) is 0 Å². The molecule has 32 heavy (non-hydrogen) atoms. The lowest BCUT2D eigenvalue weighted by Crippen LogP contribution is -2.46. The lowest BCUT2D eigenvalue weighted by Gasteiger charge is -2.31. The van der Waals surface area contributed by atoms with Crippen LogP contribution < -0.4 is 15.0 Å². The Balaban J connectivity index is 1.73. The Labute approximate surface area is 192 Å². The molecule has 1 saturated carbocycles. The van der Waals surface area contributed by atoms with Gasteiger partial charge in [-0.15, -0.1) is 11.3 Å². The number of amides is 2. The zero-order valence-electron chi connectivity index (χ0n) is 18.4. The molecule has 0 spiro atoms. The van der Waals surface area contributed by atoms with Crippen molar-refractivity contribution < 1.29 is 18.7 Å². The van der Waals surface area contributed by atoms with E-state index in [0.717, 1.165) is 30.6 Å². The highest BCUT2D eigenvalue weighted by Gasteiger charge is 2.36. The second kappa shape index (κ2) is 10.0. The minimum atomic E-state index is -0.898. The fourth-order valence-electron chi connectivity index (χ4n) is 4.15. The number of nitrogens with zero attached hydrogens (tertiary/aromatic N) is 1. The third-order valence-corrected chi connectivity index (χ3v) is 6.64. The van der Waals surface area contributed by atoms with E-state index in [0.29, 0.717) is 23.0 Å². The molecule has 2 aromatic heterocycles. The number of ether oxygens (including phenoxy) is 1. The molecule has 4 rings (SSSR count). The van der Waals surface area contributed by atoms with E-state index in [4.69, 9.17) is 9.15 Å². The average molecular weight is 453 g/mol. The second-order valence-corrected chi connectivity index (χ2v) is 9.09. The van der Waals surface area contributed by atoms with Crippen molar-refractivity contribution in [1.29, 1.82) is 0 Å². The summed E-state index contributed by atoms with van der Waals surface area (Å²) in [7, 11) is 1.60. The number of nitrogens with one attached hydrogen (secondary N) is 1. The molecule has 0 unspecified atom stereocenters. The zero-order valence-corrected chi connectivity index (χ0v) is 19.2. The van der Waals surface area contributed by atoms with Crippen LogP contribution in [0.3, 0.4) is 0 Å². The predicted molar refractivity (Wildman–Crippen MR) is 125 cm³/mol. The van der Waals surface area contributed by atoms with Crippen LogP contribution in [0.1, 0.15) is 48.1 Å². The number of benzene rings is 1. The molecule has 0 radical (unpaired) electrons. The Hall–Kier alpha value is -3.06. The number of carbonyl (C=O) groups excluding carboxylic acids is 2. The van der Waals surface area contributed by atoms with Crippen LogP contribution in [0.2, 0.25) is 0 Å². The summed E-state index contributed by atoms with van der Waals surface area (Å²) in [6, 6.07) is 13.9. The van der Waals surface area contributed by atoms with Gasteiger partial charge in [-0.2, -0.15) is 0 Å². The van der Waals surface area contributed by atoms with Crippen LogP contribution in [0.4, 0.5) is 5.69 Å². The van der Waals surface area contributed by atoms with Gasteiger partial charge in [-0.05, 0) is 67.6 Å². The van der Waals surface area contributed by atoms with Crippen LogP contribution in [0.5, 0.6) is 5.75 Å². The standard InChI is InChI=1S/C25H28N2O4S/c1-17-9-14-22(31-17)24(25(29)26-18-6-3-4-7-18)27(19-10-12-20(30-2)13-11-19)23(28)16-21-8-5-15-32-21/h5,8-15,18,24H,3-4,6-7,16H2,1-2H3,(H,26,29)/t24-/m0/s1. The fourth-order valence-corrected chi connectivity index (χ4v) is 4.85. The highest BCUT2D eigenvalue weighted by Crippen LogP contribution is 2.32. The maximum Gasteiger partial charge on any atom is 0.251 e. The molecule has 2 amide bonds. The van der Waals surface area contributed by atoms with E-state index in [-0.39, 0.29) is 24.3 Å². The topological polar surface area (TPSA) is 71.8 Å². The maximum atomic E-state index is 13.6. The molecule has 6 nitrogen and oxygen atoms in total. The minimum absolute atomic E-state index is 0.131. The van der Waals surface area contributed by atoms with Crippen LogP contribution in [-0.4, -0.2) is 25.0 Å². The van der Waals surface area contributed by atoms with Gasteiger partial charge >= 0.3 is 0 Å². The number of aryl methyl sites for hydroxylation is 1. The Morgan fingerprint density at radius 3 is 2.50 bits per heavy atom. The molecule has 1 aromatic carbocycles. The summed E-state index contributed by atoms with van der Waals surface area (Å²) in [5, 5.41) is 5.10. The number of furan rings is 1. The highest BCUT2D eigenvalue weighted by molar-refractivity contribution is 7.10. The first kappa shape index (κ1) is 22.1. The number of methoxy groups -OCH3 is 1. The summed E-state index contributed by atoms with van der Waals surface area (Å²) in [5.74, 6) is 1.44. The van der Waals surface area contributed by atoms with Gasteiger partial charge in [0.1, 0.15) is 17.3 Å². The van der Waals surface area contributed by atoms with Gasteiger partial charge in [-0.3, -0.25) is 14.5 Å². The van der Waals surface area contributed by atoms with E-state index in [1.165, 1.54) is 11.3 Å². The zero-order chi connectivity index (χ0) is 22.5. The van der Waals surface area contributed by atoms with Gasteiger partial charge in [0.15, 0.2) is 6.04 Å². The van der Waals surface area contributed by atoms with E-state index in [1.807, 2.05) is 30.5 Å². The van der Waals surface area contributed by atoms with Crippen LogP contribution >= 0.6 is 11.3 Å². The summed E-state index contributed by atoms with van der Waals surface area (Å²) >= 11 is 1.52. The molecule has 0 aliphatic heterocycles. The normalized spacial score (nSPS) is 14.8. The largest absolute Gasteiger partial charge is 0.497 e. The fraction of sp³-hybridized carbons (Fsp3) is 0.360. The monoisotopic (exact) mass is 452 g/mol. The molecule has 168 valence electrons. The van der Waals surface area contributed by atoms with Crippen LogP contribution in [0.25, 0.3) is 0 Å². The maximum absolute atomic E-state index is 13.6. The third-order valence-electron chi connectivity index (χ3n) is 5.76. The van der Waals surface area contributed by atoms with Crippen molar-refractivity contribution in [3.05, 3.63) is 70.3 Å². The smallest absolute Gasteiger partial charge is 0.251 e. The SMILES string of the molecule is COc1ccc(N(C(=O)Cc2cccs2)[C@H](C(=O)NC2CCCC2)c2ccc(C)o2)cc1.